The van der Waals surface area contributed by atoms with Crippen molar-refractivity contribution in [3.05, 3.63) is 76.3 Å². The third kappa shape index (κ3) is 3.19. The van der Waals surface area contributed by atoms with Gasteiger partial charge in [-0.3, -0.25) is 15.6 Å². The lowest BCUT2D eigenvalue weighted by molar-refractivity contribution is -0.0280. The highest BCUT2D eigenvalue weighted by Gasteiger charge is 2.18. The van der Waals surface area contributed by atoms with E-state index < -0.39 is 6.29 Å². The van der Waals surface area contributed by atoms with Gasteiger partial charge in [-0.25, -0.2) is 0 Å². The first kappa shape index (κ1) is 14.4. The molecule has 6 heteroatoms. The number of carbonyl (C=O) groups is 1. The van der Waals surface area contributed by atoms with Crippen molar-refractivity contribution in [2.75, 3.05) is 0 Å². The number of hydrogen-bond donors (Lipinski definition) is 3. The Morgan fingerprint density at radius 1 is 1.23 bits per heavy atom. The van der Waals surface area contributed by atoms with Crippen LogP contribution in [0, 0.1) is 0 Å². The fraction of sp³-hybridized carbons (Fsp3) is 0.0625. The number of carbonyl (C=O) groups excluding carboxylic acids is 1. The summed E-state index contributed by atoms with van der Waals surface area (Å²) in [5, 5.41) is 13.4. The summed E-state index contributed by atoms with van der Waals surface area (Å²) in [5.41, 5.74) is 7.93. The molecule has 0 fully saturated rings. The van der Waals surface area contributed by atoms with Crippen LogP contribution in [0.5, 0.6) is 0 Å². The second kappa shape index (κ2) is 6.46. The minimum absolute atomic E-state index is 0.273. The SMILES string of the molecule is O=C(NNC1=CC(c2ccccc2)=COC1O)c1ccsc1. The molecule has 0 saturated carbocycles. The van der Waals surface area contributed by atoms with Gasteiger partial charge in [-0.05, 0) is 23.1 Å². The average molecular weight is 314 g/mol. The molecule has 1 amide bonds. The summed E-state index contributed by atoms with van der Waals surface area (Å²) < 4.78 is 5.19. The summed E-state index contributed by atoms with van der Waals surface area (Å²) in [6.45, 7) is 0. The standard InChI is InChI=1S/C16H14N2O3S/c19-15(12-6-7-22-10-12)18-17-14-8-13(9-21-16(14)20)11-4-2-1-3-5-11/h1-10,16-17,20H,(H,18,19). The Balaban J connectivity index is 1.70. The fourth-order valence-corrected chi connectivity index (χ4v) is 2.59. The molecule has 0 spiro atoms. The van der Waals surface area contributed by atoms with Gasteiger partial charge in [-0.2, -0.15) is 11.3 Å². The summed E-state index contributed by atoms with van der Waals surface area (Å²) in [6, 6.07) is 11.3. The van der Waals surface area contributed by atoms with E-state index in [1.165, 1.54) is 17.6 Å². The van der Waals surface area contributed by atoms with Crippen LogP contribution in [0.15, 0.2) is 65.2 Å². The maximum atomic E-state index is 11.9. The van der Waals surface area contributed by atoms with Crippen molar-refractivity contribution in [1.82, 2.24) is 10.9 Å². The predicted molar refractivity (Wildman–Crippen MR) is 84.5 cm³/mol. The number of aliphatic hydroxyl groups is 1. The molecule has 2 heterocycles. The molecule has 1 aromatic heterocycles. The molecule has 1 aliphatic rings. The molecule has 1 aromatic carbocycles. The van der Waals surface area contributed by atoms with Crippen LogP contribution in [0.4, 0.5) is 0 Å². The second-order valence-electron chi connectivity index (χ2n) is 4.62. The summed E-state index contributed by atoms with van der Waals surface area (Å²) in [7, 11) is 0. The van der Waals surface area contributed by atoms with Crippen LogP contribution >= 0.6 is 11.3 Å². The molecule has 22 heavy (non-hydrogen) atoms. The van der Waals surface area contributed by atoms with Crippen molar-refractivity contribution in [1.29, 1.82) is 0 Å². The Labute approximate surface area is 131 Å². The van der Waals surface area contributed by atoms with Crippen molar-refractivity contribution < 1.29 is 14.6 Å². The molecule has 1 atom stereocenters. The summed E-state index contributed by atoms with van der Waals surface area (Å²) >= 11 is 1.44. The van der Waals surface area contributed by atoms with Gasteiger partial charge in [-0.15, -0.1) is 0 Å². The molecule has 0 aliphatic carbocycles. The zero-order valence-corrected chi connectivity index (χ0v) is 12.3. The summed E-state index contributed by atoms with van der Waals surface area (Å²) in [6.07, 6.45) is 2.08. The second-order valence-corrected chi connectivity index (χ2v) is 5.40. The van der Waals surface area contributed by atoms with Crippen LogP contribution in [0.3, 0.4) is 0 Å². The number of rotatable bonds is 4. The van der Waals surface area contributed by atoms with Crippen molar-refractivity contribution in [2.45, 2.75) is 6.29 Å². The van der Waals surface area contributed by atoms with Crippen molar-refractivity contribution in [3.8, 4) is 0 Å². The quantitative estimate of drug-likeness (QED) is 0.757. The lowest BCUT2D eigenvalue weighted by Gasteiger charge is -2.21. The summed E-state index contributed by atoms with van der Waals surface area (Å²) in [5.74, 6) is -0.273. The molecular formula is C16H14N2O3S. The van der Waals surface area contributed by atoms with Gasteiger partial charge in [0.05, 0.1) is 11.8 Å². The van der Waals surface area contributed by atoms with Gasteiger partial charge in [0.1, 0.15) is 5.70 Å². The normalized spacial score (nSPS) is 17.0. The number of amides is 1. The van der Waals surface area contributed by atoms with Crippen molar-refractivity contribution in [2.24, 2.45) is 0 Å². The van der Waals surface area contributed by atoms with E-state index in [1.807, 2.05) is 35.7 Å². The minimum atomic E-state index is -1.14. The monoisotopic (exact) mass is 314 g/mol. The third-order valence-electron chi connectivity index (χ3n) is 3.11. The van der Waals surface area contributed by atoms with Gasteiger partial charge < -0.3 is 9.84 Å². The highest BCUT2D eigenvalue weighted by molar-refractivity contribution is 7.08. The Morgan fingerprint density at radius 2 is 2.05 bits per heavy atom. The van der Waals surface area contributed by atoms with Gasteiger partial charge in [0.2, 0.25) is 6.29 Å². The zero-order chi connectivity index (χ0) is 15.4. The topological polar surface area (TPSA) is 70.6 Å². The van der Waals surface area contributed by atoms with E-state index in [0.717, 1.165) is 11.1 Å². The van der Waals surface area contributed by atoms with Crippen LogP contribution in [0.2, 0.25) is 0 Å². The van der Waals surface area contributed by atoms with Crippen LogP contribution in [0.1, 0.15) is 15.9 Å². The van der Waals surface area contributed by atoms with Crippen LogP contribution in [0.25, 0.3) is 5.57 Å². The molecule has 2 aromatic rings. The van der Waals surface area contributed by atoms with E-state index in [1.54, 1.807) is 17.5 Å². The molecule has 0 bridgehead atoms. The molecule has 1 aliphatic heterocycles. The fourth-order valence-electron chi connectivity index (χ4n) is 1.96. The average Bonchev–Trinajstić information content (AvgIpc) is 3.09. The largest absolute Gasteiger partial charge is 0.466 e. The van der Waals surface area contributed by atoms with Crippen LogP contribution in [-0.4, -0.2) is 17.3 Å². The van der Waals surface area contributed by atoms with E-state index in [9.17, 15) is 9.90 Å². The van der Waals surface area contributed by atoms with Crippen molar-refractivity contribution >= 4 is 22.8 Å². The number of hydrazine groups is 1. The molecule has 0 radical (unpaired) electrons. The first-order chi connectivity index (χ1) is 10.7. The first-order valence-corrected chi connectivity index (χ1v) is 7.57. The molecule has 1 unspecified atom stereocenters. The van der Waals surface area contributed by atoms with Crippen LogP contribution < -0.4 is 10.9 Å². The Morgan fingerprint density at radius 3 is 2.77 bits per heavy atom. The number of allylic oxidation sites excluding steroid dienone is 2. The molecule has 112 valence electrons. The number of benzene rings is 1. The number of thiophene rings is 1. The molecule has 3 N–H and O–H groups in total. The van der Waals surface area contributed by atoms with Gasteiger partial charge in [0, 0.05) is 11.0 Å². The van der Waals surface area contributed by atoms with Crippen LogP contribution in [-0.2, 0) is 4.74 Å². The predicted octanol–water partition coefficient (Wildman–Crippen LogP) is 2.26. The molecular weight excluding hydrogens is 300 g/mol. The molecule has 0 saturated heterocycles. The van der Waals surface area contributed by atoms with E-state index in [2.05, 4.69) is 10.9 Å². The Bertz CT molecular complexity index is 708. The molecule has 3 rings (SSSR count). The van der Waals surface area contributed by atoms with Gasteiger partial charge >= 0.3 is 0 Å². The Kier molecular flexibility index (Phi) is 4.22. The Hall–Kier alpha value is -2.57. The third-order valence-corrected chi connectivity index (χ3v) is 3.80. The van der Waals surface area contributed by atoms with E-state index in [-0.39, 0.29) is 5.91 Å². The van der Waals surface area contributed by atoms with Gasteiger partial charge in [0.15, 0.2) is 0 Å². The number of hydrogen-bond acceptors (Lipinski definition) is 5. The molecule has 5 nitrogen and oxygen atoms in total. The van der Waals surface area contributed by atoms with E-state index >= 15 is 0 Å². The van der Waals surface area contributed by atoms with E-state index in [0.29, 0.717) is 11.3 Å². The van der Waals surface area contributed by atoms with Crippen molar-refractivity contribution in [3.63, 3.8) is 0 Å². The maximum Gasteiger partial charge on any atom is 0.270 e. The highest BCUT2D eigenvalue weighted by Crippen LogP contribution is 2.22. The van der Waals surface area contributed by atoms with Gasteiger partial charge in [-0.1, -0.05) is 30.3 Å². The van der Waals surface area contributed by atoms with E-state index in [4.69, 9.17) is 4.74 Å². The lowest BCUT2D eigenvalue weighted by Crippen LogP contribution is -2.41. The zero-order valence-electron chi connectivity index (χ0n) is 11.5. The highest BCUT2D eigenvalue weighted by atomic mass is 32.1. The maximum absolute atomic E-state index is 11.9. The lowest BCUT2D eigenvalue weighted by atomic mass is 10.1. The minimum Gasteiger partial charge on any atom is -0.466 e. The smallest absolute Gasteiger partial charge is 0.270 e. The number of ether oxygens (including phenoxy) is 1. The number of nitrogens with one attached hydrogen (secondary N) is 2. The van der Waals surface area contributed by atoms with Gasteiger partial charge in [0.25, 0.3) is 5.91 Å². The number of aliphatic hydroxyl groups excluding tert-OH is 1. The summed E-state index contributed by atoms with van der Waals surface area (Å²) in [4.78, 5) is 11.9. The first-order valence-electron chi connectivity index (χ1n) is 6.63.